The number of methoxy groups -OCH3 is 1. The van der Waals surface area contributed by atoms with Crippen LogP contribution < -0.4 is 10.1 Å². The van der Waals surface area contributed by atoms with Crippen LogP contribution in [-0.2, 0) is 4.79 Å². The Hall–Kier alpha value is -2.80. The lowest BCUT2D eigenvalue weighted by atomic mass is 10.3. The second kappa shape index (κ2) is 7.65. The summed E-state index contributed by atoms with van der Waals surface area (Å²) in [5, 5.41) is 3.33. The normalized spacial score (nSPS) is 10.4. The second-order valence-electron chi connectivity index (χ2n) is 4.74. The number of carbonyl (C=O) groups excluding carboxylic acids is 1. The fourth-order valence-electron chi connectivity index (χ4n) is 2.04. The molecular weight excluding hydrogens is 326 g/mol. The van der Waals surface area contributed by atoms with Crippen LogP contribution in [0, 0.1) is 0 Å². The molecule has 1 aromatic carbocycles. The van der Waals surface area contributed by atoms with Crippen molar-refractivity contribution >= 4 is 23.4 Å². The Kier molecular flexibility index (Phi) is 5.12. The number of thioether (sulfide) groups is 1. The Morgan fingerprint density at radius 1 is 1.25 bits per heavy atom. The van der Waals surface area contributed by atoms with Crippen LogP contribution in [0.3, 0.4) is 0 Å². The molecular formula is C17H15N3O3S. The molecule has 3 aromatic rings. The minimum absolute atomic E-state index is 0.156. The maximum Gasteiger partial charge on any atom is 0.234 e. The highest BCUT2D eigenvalue weighted by atomic mass is 32.2. The minimum atomic E-state index is -0.156. The van der Waals surface area contributed by atoms with Crippen LogP contribution in [0.2, 0.25) is 0 Å². The largest absolute Gasteiger partial charge is 0.495 e. The Labute approximate surface area is 143 Å². The third kappa shape index (κ3) is 3.94. The number of hydrogen-bond acceptors (Lipinski definition) is 6. The Morgan fingerprint density at radius 3 is 2.92 bits per heavy atom. The third-order valence-corrected chi connectivity index (χ3v) is 3.98. The maximum absolute atomic E-state index is 12.1. The van der Waals surface area contributed by atoms with Crippen LogP contribution in [0.15, 0.2) is 64.5 Å². The van der Waals surface area contributed by atoms with Gasteiger partial charge in [0.15, 0.2) is 10.9 Å². The molecule has 0 aliphatic carbocycles. The van der Waals surface area contributed by atoms with Crippen molar-refractivity contribution in [2.75, 3.05) is 18.2 Å². The summed E-state index contributed by atoms with van der Waals surface area (Å²) < 4.78 is 10.5. The van der Waals surface area contributed by atoms with Gasteiger partial charge in [0.05, 0.1) is 24.8 Å². The quantitative estimate of drug-likeness (QED) is 0.546. The first kappa shape index (κ1) is 16.1. The fraction of sp³-hybridized carbons (Fsp3) is 0.118. The highest BCUT2D eigenvalue weighted by molar-refractivity contribution is 7.99. The highest BCUT2D eigenvalue weighted by Gasteiger charge is 2.10. The Morgan fingerprint density at radius 2 is 2.12 bits per heavy atom. The molecule has 122 valence electrons. The smallest absolute Gasteiger partial charge is 0.234 e. The van der Waals surface area contributed by atoms with Gasteiger partial charge in [-0.15, -0.1) is 0 Å². The molecule has 2 aromatic heterocycles. The number of anilines is 1. The molecule has 0 fully saturated rings. The van der Waals surface area contributed by atoms with E-state index in [0.717, 1.165) is 0 Å². The number of para-hydroxylation sites is 2. The summed E-state index contributed by atoms with van der Waals surface area (Å²) in [5.41, 5.74) is 1.32. The molecule has 3 rings (SSSR count). The Bertz CT molecular complexity index is 821. The fourth-order valence-corrected chi connectivity index (χ4v) is 2.67. The number of aromatic nitrogens is 2. The lowest BCUT2D eigenvalue weighted by molar-refractivity contribution is -0.113. The summed E-state index contributed by atoms with van der Waals surface area (Å²) in [6, 6.07) is 12.6. The molecule has 2 heterocycles. The molecule has 0 unspecified atom stereocenters. The lowest BCUT2D eigenvalue weighted by Crippen LogP contribution is -2.14. The van der Waals surface area contributed by atoms with Gasteiger partial charge < -0.3 is 14.5 Å². The molecule has 0 aliphatic heterocycles. The zero-order valence-corrected chi connectivity index (χ0v) is 13.7. The first-order valence-corrected chi connectivity index (χ1v) is 8.17. The van der Waals surface area contributed by atoms with E-state index < -0.39 is 0 Å². The SMILES string of the molecule is COc1ccccc1NC(=O)CSc1nccc(-c2ccco2)n1. The summed E-state index contributed by atoms with van der Waals surface area (Å²) >= 11 is 1.26. The van der Waals surface area contributed by atoms with Gasteiger partial charge in [0.2, 0.25) is 5.91 Å². The zero-order chi connectivity index (χ0) is 16.8. The lowest BCUT2D eigenvalue weighted by Gasteiger charge is -2.09. The summed E-state index contributed by atoms with van der Waals surface area (Å²) in [5.74, 6) is 1.32. The summed E-state index contributed by atoms with van der Waals surface area (Å²) in [6.07, 6.45) is 3.23. The van der Waals surface area contributed by atoms with E-state index in [-0.39, 0.29) is 11.7 Å². The van der Waals surface area contributed by atoms with Crippen molar-refractivity contribution in [2.45, 2.75) is 5.16 Å². The van der Waals surface area contributed by atoms with Gasteiger partial charge in [-0.3, -0.25) is 4.79 Å². The van der Waals surface area contributed by atoms with Crippen LogP contribution >= 0.6 is 11.8 Å². The highest BCUT2D eigenvalue weighted by Crippen LogP contribution is 2.24. The van der Waals surface area contributed by atoms with Gasteiger partial charge in [0.1, 0.15) is 11.4 Å². The second-order valence-corrected chi connectivity index (χ2v) is 5.68. The van der Waals surface area contributed by atoms with Crippen molar-refractivity contribution in [1.82, 2.24) is 9.97 Å². The van der Waals surface area contributed by atoms with Crippen LogP contribution in [0.4, 0.5) is 5.69 Å². The van der Waals surface area contributed by atoms with E-state index in [1.807, 2.05) is 18.2 Å². The molecule has 1 N–H and O–H groups in total. The van der Waals surface area contributed by atoms with Gasteiger partial charge in [-0.05, 0) is 30.3 Å². The van der Waals surface area contributed by atoms with E-state index in [0.29, 0.717) is 28.0 Å². The summed E-state index contributed by atoms with van der Waals surface area (Å²) in [6.45, 7) is 0. The van der Waals surface area contributed by atoms with E-state index in [9.17, 15) is 4.79 Å². The average molecular weight is 341 g/mol. The standard InChI is InChI=1S/C17H15N3O3S/c1-22-14-6-3-2-5-12(14)19-16(21)11-24-17-18-9-8-13(20-17)15-7-4-10-23-15/h2-10H,11H2,1H3,(H,19,21). The Balaban J connectivity index is 1.61. The van der Waals surface area contributed by atoms with Crippen molar-refractivity contribution < 1.29 is 13.9 Å². The minimum Gasteiger partial charge on any atom is -0.495 e. The molecule has 0 spiro atoms. The van der Waals surface area contributed by atoms with Crippen LogP contribution in [0.1, 0.15) is 0 Å². The molecule has 0 saturated carbocycles. The first-order chi connectivity index (χ1) is 11.8. The van der Waals surface area contributed by atoms with E-state index in [2.05, 4.69) is 15.3 Å². The van der Waals surface area contributed by atoms with Crippen LogP contribution in [-0.4, -0.2) is 28.7 Å². The molecule has 0 saturated heterocycles. The summed E-state index contributed by atoms with van der Waals surface area (Å²) in [4.78, 5) is 20.7. The third-order valence-electron chi connectivity index (χ3n) is 3.12. The van der Waals surface area contributed by atoms with Crippen LogP contribution in [0.25, 0.3) is 11.5 Å². The molecule has 24 heavy (non-hydrogen) atoms. The number of ether oxygens (including phenoxy) is 1. The van der Waals surface area contributed by atoms with Crippen molar-refractivity contribution in [2.24, 2.45) is 0 Å². The molecule has 0 atom stereocenters. The maximum atomic E-state index is 12.1. The monoisotopic (exact) mass is 341 g/mol. The van der Waals surface area contributed by atoms with Crippen LogP contribution in [0.5, 0.6) is 5.75 Å². The predicted molar refractivity (Wildman–Crippen MR) is 92.1 cm³/mol. The van der Waals surface area contributed by atoms with Crippen molar-refractivity contribution in [3.63, 3.8) is 0 Å². The molecule has 0 aliphatic rings. The number of furan rings is 1. The first-order valence-electron chi connectivity index (χ1n) is 7.19. The van der Waals surface area contributed by atoms with E-state index in [4.69, 9.17) is 9.15 Å². The van der Waals surface area contributed by atoms with Gasteiger partial charge in [-0.25, -0.2) is 9.97 Å². The molecule has 0 bridgehead atoms. The number of hydrogen-bond donors (Lipinski definition) is 1. The molecule has 1 amide bonds. The number of nitrogens with one attached hydrogen (secondary N) is 1. The molecule has 7 heteroatoms. The molecule has 0 radical (unpaired) electrons. The van der Waals surface area contributed by atoms with Gasteiger partial charge in [0, 0.05) is 6.20 Å². The number of benzene rings is 1. The summed E-state index contributed by atoms with van der Waals surface area (Å²) in [7, 11) is 1.56. The average Bonchev–Trinajstić information content (AvgIpc) is 3.15. The van der Waals surface area contributed by atoms with Crippen molar-refractivity contribution in [1.29, 1.82) is 0 Å². The molecule has 6 nitrogen and oxygen atoms in total. The van der Waals surface area contributed by atoms with E-state index >= 15 is 0 Å². The zero-order valence-electron chi connectivity index (χ0n) is 12.9. The van der Waals surface area contributed by atoms with E-state index in [1.165, 1.54) is 11.8 Å². The number of rotatable bonds is 6. The van der Waals surface area contributed by atoms with E-state index in [1.54, 1.807) is 43.8 Å². The topological polar surface area (TPSA) is 77.2 Å². The van der Waals surface area contributed by atoms with Crippen molar-refractivity contribution in [3.05, 3.63) is 54.9 Å². The van der Waals surface area contributed by atoms with Gasteiger partial charge >= 0.3 is 0 Å². The number of carbonyl (C=O) groups is 1. The predicted octanol–water partition coefficient (Wildman–Crippen LogP) is 3.48. The number of nitrogens with zero attached hydrogens (tertiary/aromatic N) is 2. The van der Waals surface area contributed by atoms with Gasteiger partial charge in [-0.1, -0.05) is 23.9 Å². The van der Waals surface area contributed by atoms with Crippen molar-refractivity contribution in [3.8, 4) is 17.2 Å². The number of amides is 1. The van der Waals surface area contributed by atoms with Gasteiger partial charge in [-0.2, -0.15) is 0 Å². The van der Waals surface area contributed by atoms with Gasteiger partial charge in [0.25, 0.3) is 0 Å².